The van der Waals surface area contributed by atoms with Crippen molar-refractivity contribution in [3.05, 3.63) is 59.7 Å². The van der Waals surface area contributed by atoms with E-state index in [-0.39, 0.29) is 0 Å². The topological polar surface area (TPSA) is 39.9 Å². The molecule has 5 heterocycles. The Kier molecular flexibility index (Phi) is 5.21. The van der Waals surface area contributed by atoms with Crippen LogP contribution in [0, 0.1) is 6.92 Å². The predicted octanol–water partition coefficient (Wildman–Crippen LogP) is 3.69. The molecule has 158 valence electrons. The number of anilines is 1. The van der Waals surface area contributed by atoms with Gasteiger partial charge in [0.2, 0.25) is 0 Å². The summed E-state index contributed by atoms with van der Waals surface area (Å²) in [5.74, 6) is 1.26. The van der Waals surface area contributed by atoms with Crippen LogP contribution in [0.5, 0.6) is 0 Å². The highest BCUT2D eigenvalue weighted by Gasteiger charge is 2.32. The van der Waals surface area contributed by atoms with Gasteiger partial charge < -0.3 is 9.80 Å². The van der Waals surface area contributed by atoms with Crippen LogP contribution in [0.1, 0.15) is 48.3 Å². The van der Waals surface area contributed by atoms with Crippen molar-refractivity contribution in [3.8, 4) is 0 Å². The van der Waals surface area contributed by atoms with Crippen LogP contribution in [0.3, 0.4) is 0 Å². The molecule has 2 saturated heterocycles. The third kappa shape index (κ3) is 3.48. The lowest BCUT2D eigenvalue weighted by Crippen LogP contribution is -2.45. The average Bonchev–Trinajstić information content (AvgIpc) is 3.19. The zero-order chi connectivity index (χ0) is 20.7. The van der Waals surface area contributed by atoms with Gasteiger partial charge in [-0.3, -0.25) is 14.3 Å². The highest BCUT2D eigenvalue weighted by molar-refractivity contribution is 5.53. The van der Waals surface area contributed by atoms with E-state index in [9.17, 15) is 0 Å². The van der Waals surface area contributed by atoms with Gasteiger partial charge in [-0.2, -0.15) is 0 Å². The van der Waals surface area contributed by atoms with E-state index in [4.69, 9.17) is 9.97 Å². The van der Waals surface area contributed by atoms with Gasteiger partial charge in [0.25, 0.3) is 0 Å². The Morgan fingerprint density at radius 3 is 2.53 bits per heavy atom. The molecule has 3 aromatic heterocycles. The maximum atomic E-state index is 5.07. The van der Waals surface area contributed by atoms with Gasteiger partial charge in [0.1, 0.15) is 11.5 Å². The van der Waals surface area contributed by atoms with Crippen LogP contribution >= 0.6 is 0 Å². The van der Waals surface area contributed by atoms with E-state index in [1.54, 1.807) is 0 Å². The van der Waals surface area contributed by atoms with Gasteiger partial charge in [0.15, 0.2) is 0 Å². The van der Waals surface area contributed by atoms with E-state index in [1.165, 1.54) is 29.2 Å². The van der Waals surface area contributed by atoms with Crippen molar-refractivity contribution >= 4 is 11.5 Å². The molecule has 6 heteroatoms. The average molecular weight is 405 g/mol. The molecule has 0 unspecified atom stereocenters. The number of hydrogen-bond acceptors (Lipinski definition) is 5. The minimum absolute atomic E-state index is 0.324. The van der Waals surface area contributed by atoms with Crippen molar-refractivity contribution in [2.24, 2.45) is 0 Å². The fourth-order valence-corrected chi connectivity index (χ4v) is 5.13. The molecule has 0 spiro atoms. The fraction of sp³-hybridized carbons (Fsp3) is 0.500. The van der Waals surface area contributed by atoms with Crippen LogP contribution in [0.15, 0.2) is 42.7 Å². The second-order valence-corrected chi connectivity index (χ2v) is 8.90. The van der Waals surface area contributed by atoms with Crippen LogP contribution in [0.2, 0.25) is 0 Å². The first-order valence-electron chi connectivity index (χ1n) is 11.2. The van der Waals surface area contributed by atoms with E-state index >= 15 is 0 Å². The Balaban J connectivity index is 1.46. The summed E-state index contributed by atoms with van der Waals surface area (Å²) >= 11 is 0. The number of hydrogen-bond donors (Lipinski definition) is 0. The minimum Gasteiger partial charge on any atom is -0.355 e. The third-order valence-corrected chi connectivity index (χ3v) is 6.96. The summed E-state index contributed by atoms with van der Waals surface area (Å²) in [7, 11) is 4.44. The molecular formula is C24H32N6. The summed E-state index contributed by atoms with van der Waals surface area (Å²) in [6.45, 7) is 6.51. The number of aromatic nitrogens is 3. The number of rotatable bonds is 3. The summed E-state index contributed by atoms with van der Waals surface area (Å²) < 4.78 is 2.30. The molecule has 2 aliphatic heterocycles. The van der Waals surface area contributed by atoms with Gasteiger partial charge in [-0.15, -0.1) is 0 Å². The van der Waals surface area contributed by atoms with Crippen LogP contribution in [0.4, 0.5) is 5.82 Å². The third-order valence-electron chi connectivity index (χ3n) is 6.96. The molecule has 2 fully saturated rings. The summed E-state index contributed by atoms with van der Waals surface area (Å²) in [6, 6.07) is 11.4. The normalized spacial score (nSPS) is 23.9. The van der Waals surface area contributed by atoms with E-state index in [0.717, 1.165) is 44.7 Å². The van der Waals surface area contributed by atoms with Gasteiger partial charge in [0, 0.05) is 38.6 Å². The Hall–Kier alpha value is -2.44. The second kappa shape index (κ2) is 8.00. The van der Waals surface area contributed by atoms with E-state index < -0.39 is 0 Å². The highest BCUT2D eigenvalue weighted by Crippen LogP contribution is 2.40. The van der Waals surface area contributed by atoms with Crippen LogP contribution in [-0.2, 0) is 0 Å². The molecule has 2 aliphatic rings. The summed E-state index contributed by atoms with van der Waals surface area (Å²) in [6.07, 6.45) is 7.71. The SMILES string of the molecule is Cc1cccnc1[C@H]1CCC[C@@H](c2cn3c(N4CCN(C)CC4)cccc3n2)N1C. The molecule has 0 aliphatic carbocycles. The lowest BCUT2D eigenvalue weighted by atomic mass is 9.91. The molecule has 5 rings (SSSR count). The van der Waals surface area contributed by atoms with Crippen molar-refractivity contribution in [2.75, 3.05) is 45.2 Å². The van der Waals surface area contributed by atoms with Gasteiger partial charge in [-0.25, -0.2) is 4.98 Å². The van der Waals surface area contributed by atoms with Gasteiger partial charge >= 0.3 is 0 Å². The molecule has 0 N–H and O–H groups in total. The van der Waals surface area contributed by atoms with E-state index in [1.807, 2.05) is 12.3 Å². The van der Waals surface area contributed by atoms with Gasteiger partial charge in [0.05, 0.1) is 23.5 Å². The van der Waals surface area contributed by atoms with E-state index in [2.05, 4.69) is 70.6 Å². The minimum atomic E-state index is 0.324. The lowest BCUT2D eigenvalue weighted by Gasteiger charge is -2.39. The van der Waals surface area contributed by atoms with Gasteiger partial charge in [-0.05, 0) is 64.0 Å². The molecule has 0 bridgehead atoms. The smallest absolute Gasteiger partial charge is 0.138 e. The van der Waals surface area contributed by atoms with Crippen LogP contribution in [0.25, 0.3) is 5.65 Å². The number of piperidine rings is 1. The maximum Gasteiger partial charge on any atom is 0.138 e. The van der Waals surface area contributed by atoms with Crippen LogP contribution < -0.4 is 4.90 Å². The zero-order valence-corrected chi connectivity index (χ0v) is 18.3. The molecule has 30 heavy (non-hydrogen) atoms. The van der Waals surface area contributed by atoms with Gasteiger partial charge in [-0.1, -0.05) is 12.1 Å². The van der Waals surface area contributed by atoms with Crippen molar-refractivity contribution in [1.29, 1.82) is 0 Å². The number of likely N-dealkylation sites (N-methyl/N-ethyl adjacent to an activating group) is 1. The molecule has 3 aromatic rings. The zero-order valence-electron chi connectivity index (χ0n) is 18.3. The summed E-state index contributed by atoms with van der Waals surface area (Å²) in [4.78, 5) is 17.2. The number of imidazole rings is 1. The maximum absolute atomic E-state index is 5.07. The first kappa shape index (κ1) is 19.5. The van der Waals surface area contributed by atoms with Crippen LogP contribution in [-0.4, -0.2) is 64.4 Å². The number of likely N-dealkylation sites (tertiary alicyclic amines) is 1. The molecule has 0 amide bonds. The van der Waals surface area contributed by atoms with Crippen molar-refractivity contribution < 1.29 is 0 Å². The number of pyridine rings is 2. The molecular weight excluding hydrogens is 372 g/mol. The van der Waals surface area contributed by atoms with E-state index in [0.29, 0.717) is 12.1 Å². The largest absolute Gasteiger partial charge is 0.355 e. The number of piperazine rings is 1. The Bertz CT molecular complexity index is 1020. The molecule has 0 saturated carbocycles. The number of fused-ring (bicyclic) bond motifs is 1. The molecule has 2 atom stereocenters. The predicted molar refractivity (Wildman–Crippen MR) is 121 cm³/mol. The standard InChI is InChI=1S/C24H32N6/c1-18-7-6-12-25-24(18)21-9-4-8-20(28(21)3)19-17-30-22(26-19)10-5-11-23(30)29-15-13-27(2)14-16-29/h5-7,10-12,17,20-21H,4,8-9,13-16H2,1-3H3/t20-,21+/m0/s1. The monoisotopic (exact) mass is 404 g/mol. The fourth-order valence-electron chi connectivity index (χ4n) is 5.13. The highest BCUT2D eigenvalue weighted by atomic mass is 15.3. The second-order valence-electron chi connectivity index (χ2n) is 8.90. The Morgan fingerprint density at radius 2 is 1.73 bits per heavy atom. The quantitative estimate of drug-likeness (QED) is 0.666. The number of aryl methyl sites for hydroxylation is 1. The first-order chi connectivity index (χ1) is 14.6. The van der Waals surface area contributed by atoms with Crippen molar-refractivity contribution in [3.63, 3.8) is 0 Å². The molecule has 0 aromatic carbocycles. The molecule has 6 nitrogen and oxygen atoms in total. The number of nitrogens with zero attached hydrogens (tertiary/aromatic N) is 6. The Labute approximate surface area is 179 Å². The summed E-state index contributed by atoms with van der Waals surface area (Å²) in [5.41, 5.74) is 4.72. The van der Waals surface area contributed by atoms with Crippen molar-refractivity contribution in [2.45, 2.75) is 38.3 Å². The summed E-state index contributed by atoms with van der Waals surface area (Å²) in [5, 5.41) is 0. The molecule has 0 radical (unpaired) electrons. The Morgan fingerprint density at radius 1 is 0.933 bits per heavy atom. The lowest BCUT2D eigenvalue weighted by molar-refractivity contribution is 0.109. The van der Waals surface area contributed by atoms with Crippen molar-refractivity contribution in [1.82, 2.24) is 24.2 Å². The first-order valence-corrected chi connectivity index (χ1v) is 11.2.